The molecule has 0 aliphatic rings. The number of aromatic hydroxyl groups is 1. The lowest BCUT2D eigenvalue weighted by molar-refractivity contribution is 0.299. The fourth-order valence-corrected chi connectivity index (χ4v) is 2.07. The maximum atomic E-state index is 9.69. The van der Waals surface area contributed by atoms with Crippen LogP contribution in [0.1, 0.15) is 11.1 Å². The molecule has 1 N–H and O–H groups in total. The molecule has 4 nitrogen and oxygen atoms in total. The average molecular weight is 280 g/mol. The van der Waals surface area contributed by atoms with E-state index in [1.54, 1.807) is 18.3 Å². The van der Waals surface area contributed by atoms with Gasteiger partial charge in [0.15, 0.2) is 5.75 Å². The minimum absolute atomic E-state index is 0.245. The monoisotopic (exact) mass is 280 g/mol. The van der Waals surface area contributed by atoms with E-state index in [-0.39, 0.29) is 5.75 Å². The first kappa shape index (κ1) is 13.2. The Balaban J connectivity index is 1.62. The van der Waals surface area contributed by atoms with Crippen molar-refractivity contribution in [3.8, 4) is 11.5 Å². The van der Waals surface area contributed by atoms with E-state index < -0.39 is 0 Å². The summed E-state index contributed by atoms with van der Waals surface area (Å²) in [6.45, 7) is 1.03. The molecule has 1 heterocycles. The van der Waals surface area contributed by atoms with Crippen LogP contribution in [0.5, 0.6) is 11.5 Å². The van der Waals surface area contributed by atoms with Gasteiger partial charge in [0.1, 0.15) is 12.4 Å². The molecule has 0 saturated heterocycles. The maximum absolute atomic E-state index is 9.69. The largest absolute Gasteiger partial charge is 0.508 e. The second kappa shape index (κ2) is 6.13. The highest BCUT2D eigenvalue weighted by atomic mass is 16.5. The van der Waals surface area contributed by atoms with Gasteiger partial charge < -0.3 is 9.84 Å². The fourth-order valence-electron chi connectivity index (χ4n) is 2.07. The van der Waals surface area contributed by atoms with Crippen molar-refractivity contribution in [2.75, 3.05) is 0 Å². The second-order valence-electron chi connectivity index (χ2n) is 4.78. The lowest BCUT2D eigenvalue weighted by Crippen LogP contribution is -1.99. The summed E-state index contributed by atoms with van der Waals surface area (Å²) in [6, 6.07) is 17.3. The Hall–Kier alpha value is -2.75. The van der Waals surface area contributed by atoms with E-state index >= 15 is 0 Å². The van der Waals surface area contributed by atoms with Crippen LogP contribution >= 0.6 is 0 Å². The van der Waals surface area contributed by atoms with Crippen molar-refractivity contribution in [3.05, 3.63) is 78.1 Å². The SMILES string of the molecule is Oc1ccccc1COc1cnn(Cc2ccccc2)c1. The van der Waals surface area contributed by atoms with Crippen LogP contribution < -0.4 is 4.74 Å². The van der Waals surface area contributed by atoms with Crippen molar-refractivity contribution in [3.63, 3.8) is 0 Å². The molecule has 4 heteroatoms. The molecular weight excluding hydrogens is 264 g/mol. The molecule has 21 heavy (non-hydrogen) atoms. The quantitative estimate of drug-likeness (QED) is 0.780. The van der Waals surface area contributed by atoms with Crippen molar-refractivity contribution < 1.29 is 9.84 Å². The van der Waals surface area contributed by atoms with E-state index in [1.165, 1.54) is 5.56 Å². The molecule has 0 saturated carbocycles. The third-order valence-corrected chi connectivity index (χ3v) is 3.18. The molecule has 3 rings (SSSR count). The summed E-state index contributed by atoms with van der Waals surface area (Å²) >= 11 is 0. The molecule has 106 valence electrons. The summed E-state index contributed by atoms with van der Waals surface area (Å²) in [5.74, 6) is 0.934. The zero-order valence-electron chi connectivity index (χ0n) is 11.5. The lowest BCUT2D eigenvalue weighted by atomic mass is 10.2. The highest BCUT2D eigenvalue weighted by Crippen LogP contribution is 2.18. The summed E-state index contributed by atoms with van der Waals surface area (Å²) in [6.07, 6.45) is 3.54. The molecule has 0 spiro atoms. The number of phenols is 1. The molecule has 0 bridgehead atoms. The fraction of sp³-hybridized carbons (Fsp3) is 0.118. The third-order valence-electron chi connectivity index (χ3n) is 3.18. The van der Waals surface area contributed by atoms with Gasteiger partial charge in [-0.2, -0.15) is 5.10 Å². The Morgan fingerprint density at radius 1 is 1.00 bits per heavy atom. The molecule has 0 aliphatic carbocycles. The van der Waals surface area contributed by atoms with Crippen molar-refractivity contribution >= 4 is 0 Å². The molecule has 0 unspecified atom stereocenters. The van der Waals surface area contributed by atoms with Gasteiger partial charge in [-0.1, -0.05) is 48.5 Å². The zero-order chi connectivity index (χ0) is 14.5. The van der Waals surface area contributed by atoms with E-state index in [1.807, 2.05) is 41.2 Å². The minimum atomic E-state index is 0.245. The second-order valence-corrected chi connectivity index (χ2v) is 4.78. The Bertz CT molecular complexity index is 708. The van der Waals surface area contributed by atoms with Crippen molar-refractivity contribution in [1.82, 2.24) is 9.78 Å². The normalized spacial score (nSPS) is 10.5. The first-order valence-electron chi connectivity index (χ1n) is 6.77. The first-order chi connectivity index (χ1) is 10.3. The van der Waals surface area contributed by atoms with E-state index in [0.717, 1.165) is 5.56 Å². The van der Waals surface area contributed by atoms with Crippen LogP contribution in [0.3, 0.4) is 0 Å². The summed E-state index contributed by atoms with van der Waals surface area (Å²) in [5, 5.41) is 14.0. The van der Waals surface area contributed by atoms with Crippen molar-refractivity contribution in [1.29, 1.82) is 0 Å². The molecule has 0 amide bonds. The highest BCUT2D eigenvalue weighted by molar-refractivity contribution is 5.31. The zero-order valence-corrected chi connectivity index (χ0v) is 11.5. The number of hydrogen-bond acceptors (Lipinski definition) is 3. The Kier molecular flexibility index (Phi) is 3.87. The average Bonchev–Trinajstić information content (AvgIpc) is 2.95. The Morgan fingerprint density at radius 2 is 1.76 bits per heavy atom. The number of aromatic nitrogens is 2. The van der Waals surface area contributed by atoms with Gasteiger partial charge in [-0.3, -0.25) is 4.68 Å². The van der Waals surface area contributed by atoms with Crippen LogP contribution in [0.4, 0.5) is 0 Å². The Labute approximate surface area is 123 Å². The van der Waals surface area contributed by atoms with Gasteiger partial charge in [-0.15, -0.1) is 0 Å². The number of nitrogens with zero attached hydrogens (tertiary/aromatic N) is 2. The summed E-state index contributed by atoms with van der Waals surface area (Å²) in [4.78, 5) is 0. The summed E-state index contributed by atoms with van der Waals surface area (Å²) in [5.41, 5.74) is 1.95. The number of ether oxygens (including phenoxy) is 1. The van der Waals surface area contributed by atoms with Crippen LogP contribution in [-0.2, 0) is 13.2 Å². The smallest absolute Gasteiger partial charge is 0.157 e. The van der Waals surface area contributed by atoms with Gasteiger partial charge in [-0.05, 0) is 11.6 Å². The third kappa shape index (κ3) is 3.42. The van der Waals surface area contributed by atoms with Crippen LogP contribution in [-0.4, -0.2) is 14.9 Å². The molecular formula is C17H16N2O2. The van der Waals surface area contributed by atoms with Crippen molar-refractivity contribution in [2.45, 2.75) is 13.2 Å². The van der Waals surface area contributed by atoms with Gasteiger partial charge in [0.2, 0.25) is 0 Å². The number of rotatable bonds is 5. The van der Waals surface area contributed by atoms with Crippen molar-refractivity contribution in [2.24, 2.45) is 0 Å². The van der Waals surface area contributed by atoms with Gasteiger partial charge in [0.25, 0.3) is 0 Å². The van der Waals surface area contributed by atoms with Crippen LogP contribution in [0.15, 0.2) is 67.0 Å². The Morgan fingerprint density at radius 3 is 2.57 bits per heavy atom. The van der Waals surface area contributed by atoms with Crippen LogP contribution in [0.25, 0.3) is 0 Å². The maximum Gasteiger partial charge on any atom is 0.157 e. The standard InChI is InChI=1S/C17H16N2O2/c20-17-9-5-4-8-15(17)13-21-16-10-18-19(12-16)11-14-6-2-1-3-7-14/h1-10,12,20H,11,13H2. The predicted octanol–water partition coefficient (Wildman–Crippen LogP) is 3.22. The van der Waals surface area contributed by atoms with E-state index in [0.29, 0.717) is 18.9 Å². The topological polar surface area (TPSA) is 47.3 Å². The summed E-state index contributed by atoms with van der Waals surface area (Å²) in [7, 11) is 0. The number of benzene rings is 2. The first-order valence-corrected chi connectivity index (χ1v) is 6.77. The molecule has 2 aromatic carbocycles. The lowest BCUT2D eigenvalue weighted by Gasteiger charge is -2.05. The van der Waals surface area contributed by atoms with Gasteiger partial charge >= 0.3 is 0 Å². The van der Waals surface area contributed by atoms with Crippen LogP contribution in [0.2, 0.25) is 0 Å². The van der Waals surface area contributed by atoms with E-state index in [4.69, 9.17) is 4.74 Å². The molecule has 0 atom stereocenters. The molecule has 0 aliphatic heterocycles. The predicted molar refractivity (Wildman–Crippen MR) is 80.2 cm³/mol. The molecule has 0 radical (unpaired) electrons. The van der Waals surface area contributed by atoms with Gasteiger partial charge in [0.05, 0.1) is 18.9 Å². The van der Waals surface area contributed by atoms with E-state index in [9.17, 15) is 5.11 Å². The minimum Gasteiger partial charge on any atom is -0.508 e. The van der Waals surface area contributed by atoms with Gasteiger partial charge in [0, 0.05) is 5.56 Å². The number of para-hydroxylation sites is 1. The number of hydrogen-bond donors (Lipinski definition) is 1. The summed E-state index contributed by atoms with van der Waals surface area (Å²) < 4.78 is 7.48. The molecule has 0 fully saturated rings. The van der Waals surface area contributed by atoms with Gasteiger partial charge in [-0.25, -0.2) is 0 Å². The molecule has 3 aromatic rings. The highest BCUT2D eigenvalue weighted by Gasteiger charge is 2.03. The van der Waals surface area contributed by atoms with Crippen LogP contribution in [0, 0.1) is 0 Å². The van der Waals surface area contributed by atoms with E-state index in [2.05, 4.69) is 17.2 Å². The number of phenolic OH excluding ortho intramolecular Hbond substituents is 1. The molecule has 1 aromatic heterocycles.